The minimum absolute atomic E-state index is 0.0177. The Morgan fingerprint density at radius 2 is 1.88 bits per heavy atom. The number of esters is 1. The fourth-order valence-corrected chi connectivity index (χ4v) is 4.88. The number of thiophene rings is 1. The van der Waals surface area contributed by atoms with E-state index in [1.165, 1.54) is 15.9 Å². The highest BCUT2D eigenvalue weighted by atomic mass is 127. The van der Waals surface area contributed by atoms with Gasteiger partial charge >= 0.3 is 5.97 Å². The molecule has 3 heterocycles. The summed E-state index contributed by atoms with van der Waals surface area (Å²) in [7, 11) is 0. The van der Waals surface area contributed by atoms with Gasteiger partial charge in [0.15, 0.2) is 0 Å². The number of anilines is 1. The summed E-state index contributed by atoms with van der Waals surface area (Å²) in [4.78, 5) is 30.6. The maximum Gasteiger partial charge on any atom is 0.356 e. The Labute approximate surface area is 205 Å². The first-order chi connectivity index (χ1) is 15.6. The maximum absolute atomic E-state index is 13.0. The maximum atomic E-state index is 13.0. The van der Waals surface area contributed by atoms with E-state index in [0.717, 1.165) is 22.4 Å². The molecule has 9 heteroatoms. The third kappa shape index (κ3) is 5.15. The molecule has 1 saturated heterocycles. The smallest absolute Gasteiger partial charge is 0.356 e. The molecule has 0 bridgehead atoms. The third-order valence-electron chi connectivity index (χ3n) is 5.41. The van der Waals surface area contributed by atoms with Crippen molar-refractivity contribution < 1.29 is 14.3 Å². The summed E-state index contributed by atoms with van der Waals surface area (Å²) < 4.78 is 7.65. The molecule has 1 aliphatic heterocycles. The molecule has 1 fully saturated rings. The van der Waals surface area contributed by atoms with Gasteiger partial charge in [0.05, 0.1) is 11.5 Å². The number of rotatable bonds is 7. The molecular formula is C23H25IN4O3S. The van der Waals surface area contributed by atoms with Crippen LogP contribution in [0.15, 0.2) is 47.8 Å². The number of aromatic nitrogens is 2. The van der Waals surface area contributed by atoms with Gasteiger partial charge in [0, 0.05) is 36.3 Å². The highest BCUT2D eigenvalue weighted by Gasteiger charge is 2.25. The number of amides is 1. The Kier molecular flexibility index (Phi) is 7.46. The molecular weight excluding hydrogens is 539 g/mol. The van der Waals surface area contributed by atoms with Crippen LogP contribution in [-0.2, 0) is 20.5 Å². The van der Waals surface area contributed by atoms with Crippen LogP contribution in [0, 0.1) is 0 Å². The predicted octanol–water partition coefficient (Wildman–Crippen LogP) is 4.07. The zero-order valence-corrected chi connectivity index (χ0v) is 20.8. The van der Waals surface area contributed by atoms with Crippen LogP contribution in [0.5, 0.6) is 0 Å². The van der Waals surface area contributed by atoms with Crippen LogP contribution in [0.1, 0.15) is 23.0 Å². The molecule has 0 aliphatic carbocycles. The normalized spacial score (nSPS) is 13.9. The molecule has 0 radical (unpaired) electrons. The molecule has 0 atom stereocenters. The number of piperazine rings is 1. The number of ether oxygens (including phenoxy) is 1. The largest absolute Gasteiger partial charge is 0.461 e. The van der Waals surface area contributed by atoms with E-state index in [-0.39, 0.29) is 19.1 Å². The Balaban J connectivity index is 1.43. The summed E-state index contributed by atoms with van der Waals surface area (Å²) in [5, 5.41) is 6.49. The minimum Gasteiger partial charge on any atom is -0.461 e. The molecule has 3 aromatic rings. The fraction of sp³-hybridized carbons (Fsp3) is 0.348. The topological polar surface area (TPSA) is 67.7 Å². The molecule has 7 nitrogen and oxygen atoms in total. The van der Waals surface area contributed by atoms with Crippen molar-refractivity contribution >= 4 is 51.5 Å². The van der Waals surface area contributed by atoms with Gasteiger partial charge in [0.1, 0.15) is 17.9 Å². The lowest BCUT2D eigenvalue weighted by Crippen LogP contribution is -2.49. The molecule has 0 unspecified atom stereocenters. The zero-order valence-electron chi connectivity index (χ0n) is 17.9. The van der Waals surface area contributed by atoms with E-state index >= 15 is 0 Å². The summed E-state index contributed by atoms with van der Waals surface area (Å²) in [6, 6.07) is 14.2. The summed E-state index contributed by atoms with van der Waals surface area (Å²) in [6.45, 7) is 4.89. The molecule has 32 heavy (non-hydrogen) atoms. The number of nitrogens with zero attached hydrogens (tertiary/aromatic N) is 4. The van der Waals surface area contributed by atoms with E-state index in [1.54, 1.807) is 24.3 Å². The fourth-order valence-electron chi connectivity index (χ4n) is 3.69. The van der Waals surface area contributed by atoms with Crippen molar-refractivity contribution in [1.82, 2.24) is 14.7 Å². The third-order valence-corrected chi connectivity index (χ3v) is 7.18. The first-order valence-electron chi connectivity index (χ1n) is 10.6. The molecule has 1 aromatic carbocycles. The number of alkyl halides is 1. The number of hydrogen-bond donors (Lipinski definition) is 0. The molecule has 0 saturated carbocycles. The second-order valence-corrected chi connectivity index (χ2v) is 9.15. The van der Waals surface area contributed by atoms with E-state index in [1.807, 2.05) is 22.4 Å². The summed E-state index contributed by atoms with van der Waals surface area (Å²) in [6.07, 6.45) is 0. The van der Waals surface area contributed by atoms with Crippen LogP contribution in [0.3, 0.4) is 0 Å². The van der Waals surface area contributed by atoms with E-state index in [2.05, 4.69) is 56.9 Å². The summed E-state index contributed by atoms with van der Waals surface area (Å²) in [5.74, 6) is -0.508. The molecule has 168 valence electrons. The zero-order chi connectivity index (χ0) is 22.5. The van der Waals surface area contributed by atoms with E-state index in [4.69, 9.17) is 4.74 Å². The van der Waals surface area contributed by atoms with Gasteiger partial charge in [-0.05, 0) is 42.1 Å². The van der Waals surface area contributed by atoms with Crippen molar-refractivity contribution in [3.63, 3.8) is 0 Å². The van der Waals surface area contributed by atoms with Gasteiger partial charge in [-0.1, -0.05) is 40.8 Å². The average Bonchev–Trinajstić information content (AvgIpc) is 3.50. The number of carbonyl (C=O) groups is 2. The Morgan fingerprint density at radius 3 is 2.50 bits per heavy atom. The first-order valence-corrected chi connectivity index (χ1v) is 13.0. The monoisotopic (exact) mass is 564 g/mol. The van der Waals surface area contributed by atoms with Gasteiger partial charge in [0.2, 0.25) is 5.91 Å². The van der Waals surface area contributed by atoms with Crippen molar-refractivity contribution in [2.45, 2.75) is 17.9 Å². The predicted molar refractivity (Wildman–Crippen MR) is 134 cm³/mol. The van der Waals surface area contributed by atoms with Crippen LogP contribution >= 0.6 is 33.9 Å². The van der Waals surface area contributed by atoms with Gasteiger partial charge in [0.25, 0.3) is 0 Å². The summed E-state index contributed by atoms with van der Waals surface area (Å²) in [5.41, 5.74) is 3.47. The first kappa shape index (κ1) is 22.8. The molecule has 2 aromatic heterocycles. The van der Waals surface area contributed by atoms with Gasteiger partial charge in [-0.2, -0.15) is 5.10 Å². The molecule has 1 amide bonds. The van der Waals surface area contributed by atoms with Gasteiger partial charge in [-0.25, -0.2) is 9.48 Å². The van der Waals surface area contributed by atoms with Crippen LogP contribution in [0.2, 0.25) is 0 Å². The van der Waals surface area contributed by atoms with Crippen molar-refractivity contribution in [1.29, 1.82) is 0 Å². The molecule has 1 aliphatic rings. The highest BCUT2D eigenvalue weighted by Crippen LogP contribution is 2.25. The highest BCUT2D eigenvalue weighted by molar-refractivity contribution is 14.1. The van der Waals surface area contributed by atoms with E-state index in [0.29, 0.717) is 24.5 Å². The Hall–Kier alpha value is -2.40. The second kappa shape index (κ2) is 10.5. The van der Waals surface area contributed by atoms with Gasteiger partial charge < -0.3 is 14.5 Å². The van der Waals surface area contributed by atoms with Gasteiger partial charge in [-0.15, -0.1) is 11.3 Å². The van der Waals surface area contributed by atoms with Crippen molar-refractivity contribution in [2.75, 3.05) is 37.7 Å². The van der Waals surface area contributed by atoms with Crippen molar-refractivity contribution in [3.05, 3.63) is 59.1 Å². The van der Waals surface area contributed by atoms with Gasteiger partial charge in [-0.3, -0.25) is 4.79 Å². The Morgan fingerprint density at radius 1 is 1.12 bits per heavy atom. The molecule has 0 spiro atoms. The SMILES string of the molecule is CCOC(=O)c1cc(-c2cccs2)nn1CC(=O)N1CCN(c2ccc(CI)cc2)CC1. The summed E-state index contributed by atoms with van der Waals surface area (Å²) >= 11 is 3.90. The minimum atomic E-state index is -0.463. The van der Waals surface area contributed by atoms with E-state index < -0.39 is 5.97 Å². The number of hydrogen-bond acceptors (Lipinski definition) is 6. The molecule has 4 rings (SSSR count). The van der Waals surface area contributed by atoms with Crippen LogP contribution in [0.4, 0.5) is 5.69 Å². The van der Waals surface area contributed by atoms with Crippen LogP contribution in [0.25, 0.3) is 10.6 Å². The van der Waals surface area contributed by atoms with E-state index in [9.17, 15) is 9.59 Å². The lowest BCUT2D eigenvalue weighted by molar-refractivity contribution is -0.132. The van der Waals surface area contributed by atoms with Crippen molar-refractivity contribution in [3.8, 4) is 10.6 Å². The Bertz CT molecular complexity index is 1060. The van der Waals surface area contributed by atoms with Crippen LogP contribution < -0.4 is 4.90 Å². The second-order valence-electron chi connectivity index (χ2n) is 7.44. The lowest BCUT2D eigenvalue weighted by Gasteiger charge is -2.36. The molecule has 0 N–H and O–H groups in total. The quantitative estimate of drug-likeness (QED) is 0.246. The average molecular weight is 564 g/mol. The van der Waals surface area contributed by atoms with Crippen LogP contribution in [-0.4, -0.2) is 59.3 Å². The standard InChI is InChI=1S/C23H25IN4O3S/c1-2-31-23(30)20-14-19(21-4-3-13-32-21)25-28(20)16-22(29)27-11-9-26(10-12-27)18-7-5-17(15-24)6-8-18/h3-8,13-14H,2,9-12,15-16H2,1H3. The number of carbonyl (C=O) groups excluding carboxylic acids is 2. The van der Waals surface area contributed by atoms with Crippen molar-refractivity contribution in [2.24, 2.45) is 0 Å². The number of halogens is 1. The number of benzene rings is 1. The lowest BCUT2D eigenvalue weighted by atomic mass is 10.2.